The standard InChI is InChI=1S/C32H22BrN3/c33-26-18-16-23(17-19-26)28-21-30(25-14-8-3-9-15-25)35-32(28)36-31-27(22-10-4-1-5-11-22)20-29(34-31)24-12-6-2-7-13-24/h1-21,35H/b36-31-. The molecule has 0 unspecified atom stereocenters. The maximum atomic E-state index is 5.13. The van der Waals surface area contributed by atoms with Crippen LogP contribution in [0.2, 0.25) is 0 Å². The molecule has 2 heterocycles. The molecule has 6 rings (SSSR count). The predicted molar refractivity (Wildman–Crippen MR) is 154 cm³/mol. The largest absolute Gasteiger partial charge is 0.339 e. The summed E-state index contributed by atoms with van der Waals surface area (Å²) in [4.78, 5) is 13.7. The van der Waals surface area contributed by atoms with Crippen LogP contribution in [-0.4, -0.2) is 16.5 Å². The monoisotopic (exact) mass is 527 g/mol. The van der Waals surface area contributed by atoms with E-state index >= 15 is 0 Å². The molecule has 0 atom stereocenters. The Bertz CT molecular complexity index is 1600. The maximum absolute atomic E-state index is 5.13. The summed E-state index contributed by atoms with van der Waals surface area (Å²) in [6.07, 6.45) is 2.13. The lowest BCUT2D eigenvalue weighted by Gasteiger charge is -2.05. The van der Waals surface area contributed by atoms with Gasteiger partial charge in [-0.2, -0.15) is 0 Å². The molecule has 4 aromatic carbocycles. The first-order valence-electron chi connectivity index (χ1n) is 11.8. The van der Waals surface area contributed by atoms with Gasteiger partial charge in [0.05, 0.1) is 5.71 Å². The molecule has 0 saturated carbocycles. The van der Waals surface area contributed by atoms with Crippen LogP contribution in [0.25, 0.3) is 28.0 Å². The molecular weight excluding hydrogens is 506 g/mol. The fourth-order valence-electron chi connectivity index (χ4n) is 4.34. The van der Waals surface area contributed by atoms with Crippen LogP contribution in [0.5, 0.6) is 0 Å². The van der Waals surface area contributed by atoms with Crippen molar-refractivity contribution in [2.24, 2.45) is 9.98 Å². The Morgan fingerprint density at radius 2 is 1.19 bits per heavy atom. The molecule has 1 N–H and O–H groups in total. The summed E-state index contributed by atoms with van der Waals surface area (Å²) in [7, 11) is 0. The maximum Gasteiger partial charge on any atom is 0.162 e. The fourth-order valence-corrected chi connectivity index (χ4v) is 4.60. The second-order valence-corrected chi connectivity index (χ2v) is 9.46. The SMILES string of the molecule is Brc1ccc(-c2cc(-c3ccccc3)[nH]c2/N=C2\N=C(c3ccccc3)C=C2c2ccccc2)cc1. The average Bonchev–Trinajstić information content (AvgIpc) is 3.56. The summed E-state index contributed by atoms with van der Waals surface area (Å²) in [5.74, 6) is 1.48. The number of aliphatic imine (C=N–C) groups is 2. The summed E-state index contributed by atoms with van der Waals surface area (Å²) in [5, 5.41) is 0. The van der Waals surface area contributed by atoms with Gasteiger partial charge in [-0.1, -0.05) is 119 Å². The van der Waals surface area contributed by atoms with E-state index < -0.39 is 0 Å². The number of amidine groups is 1. The van der Waals surface area contributed by atoms with Gasteiger partial charge in [-0.25, -0.2) is 9.98 Å². The van der Waals surface area contributed by atoms with Crippen molar-refractivity contribution in [2.75, 3.05) is 0 Å². The van der Waals surface area contributed by atoms with Gasteiger partial charge in [-0.15, -0.1) is 0 Å². The van der Waals surface area contributed by atoms with E-state index in [2.05, 4.69) is 93.7 Å². The molecule has 0 radical (unpaired) electrons. The molecule has 4 heteroatoms. The number of aromatic amines is 1. The molecule has 1 aromatic heterocycles. The molecule has 0 saturated heterocycles. The zero-order valence-corrected chi connectivity index (χ0v) is 21.0. The van der Waals surface area contributed by atoms with Crippen molar-refractivity contribution in [1.29, 1.82) is 0 Å². The number of aromatic nitrogens is 1. The lowest BCUT2D eigenvalue weighted by atomic mass is 10.0. The molecule has 3 nitrogen and oxygen atoms in total. The highest BCUT2D eigenvalue weighted by Gasteiger charge is 2.20. The van der Waals surface area contributed by atoms with Crippen LogP contribution < -0.4 is 0 Å². The second kappa shape index (κ2) is 9.76. The topological polar surface area (TPSA) is 40.5 Å². The van der Waals surface area contributed by atoms with Crippen LogP contribution in [0.3, 0.4) is 0 Å². The quantitative estimate of drug-likeness (QED) is 0.237. The molecule has 5 aromatic rings. The van der Waals surface area contributed by atoms with Crippen LogP contribution in [0.1, 0.15) is 11.1 Å². The number of halogens is 1. The summed E-state index contributed by atoms with van der Waals surface area (Å²) >= 11 is 3.55. The third kappa shape index (κ3) is 4.51. The molecule has 0 amide bonds. The predicted octanol–water partition coefficient (Wildman–Crippen LogP) is 8.73. The first kappa shape index (κ1) is 22.2. The molecule has 0 spiro atoms. The van der Waals surface area contributed by atoms with E-state index in [0.29, 0.717) is 5.84 Å². The molecule has 172 valence electrons. The zero-order valence-electron chi connectivity index (χ0n) is 19.4. The van der Waals surface area contributed by atoms with E-state index in [-0.39, 0.29) is 0 Å². The van der Waals surface area contributed by atoms with E-state index in [1.54, 1.807) is 0 Å². The van der Waals surface area contributed by atoms with E-state index in [9.17, 15) is 0 Å². The zero-order chi connectivity index (χ0) is 24.3. The second-order valence-electron chi connectivity index (χ2n) is 8.54. The minimum Gasteiger partial charge on any atom is -0.339 e. The van der Waals surface area contributed by atoms with Crippen molar-refractivity contribution >= 4 is 38.9 Å². The molecule has 0 bridgehead atoms. The Morgan fingerprint density at radius 3 is 1.83 bits per heavy atom. The van der Waals surface area contributed by atoms with Crippen molar-refractivity contribution in [3.63, 3.8) is 0 Å². The number of nitrogens with zero attached hydrogens (tertiary/aromatic N) is 2. The number of hydrogen-bond donors (Lipinski definition) is 1. The normalized spacial score (nSPS) is 14.1. The van der Waals surface area contributed by atoms with Gasteiger partial charge >= 0.3 is 0 Å². The number of H-pyrrole nitrogens is 1. The Morgan fingerprint density at radius 1 is 0.611 bits per heavy atom. The van der Waals surface area contributed by atoms with Gasteiger partial charge < -0.3 is 4.98 Å². The van der Waals surface area contributed by atoms with Gasteiger partial charge in [0.25, 0.3) is 0 Å². The minimum atomic E-state index is 0.694. The first-order valence-corrected chi connectivity index (χ1v) is 12.6. The number of rotatable bonds is 5. The Labute approximate surface area is 218 Å². The molecule has 1 aliphatic heterocycles. The summed E-state index contributed by atoms with van der Waals surface area (Å²) in [5.41, 5.74) is 8.33. The van der Waals surface area contributed by atoms with Gasteiger partial charge in [-0.05, 0) is 41.0 Å². The van der Waals surface area contributed by atoms with E-state index in [0.717, 1.165) is 55.1 Å². The minimum absolute atomic E-state index is 0.694. The Balaban J connectivity index is 1.52. The van der Waals surface area contributed by atoms with Crippen LogP contribution in [0.4, 0.5) is 5.82 Å². The molecule has 0 aliphatic carbocycles. The van der Waals surface area contributed by atoms with Gasteiger partial charge in [0, 0.05) is 26.9 Å². The molecule has 36 heavy (non-hydrogen) atoms. The fraction of sp³-hybridized carbons (Fsp3) is 0. The highest BCUT2D eigenvalue weighted by Crippen LogP contribution is 2.37. The van der Waals surface area contributed by atoms with E-state index in [1.165, 1.54) is 0 Å². The number of hydrogen-bond acceptors (Lipinski definition) is 1. The molecule has 0 fully saturated rings. The van der Waals surface area contributed by atoms with Gasteiger partial charge in [0.15, 0.2) is 5.84 Å². The van der Waals surface area contributed by atoms with Crippen LogP contribution in [-0.2, 0) is 0 Å². The summed E-state index contributed by atoms with van der Waals surface area (Å²) in [6, 6.07) is 41.4. The lowest BCUT2D eigenvalue weighted by molar-refractivity contribution is 1.33. The van der Waals surface area contributed by atoms with Gasteiger partial charge in [0.2, 0.25) is 0 Å². The average molecular weight is 528 g/mol. The van der Waals surface area contributed by atoms with E-state index in [1.807, 2.05) is 54.6 Å². The Hall–Kier alpha value is -4.28. The molecular formula is C32H22BrN3. The van der Waals surface area contributed by atoms with Crippen LogP contribution in [0, 0.1) is 0 Å². The third-order valence-corrected chi connectivity index (χ3v) is 6.69. The van der Waals surface area contributed by atoms with Crippen LogP contribution >= 0.6 is 15.9 Å². The number of benzene rings is 4. The molecule has 1 aliphatic rings. The number of nitrogens with one attached hydrogen (secondary N) is 1. The van der Waals surface area contributed by atoms with Crippen molar-refractivity contribution in [1.82, 2.24) is 4.98 Å². The van der Waals surface area contributed by atoms with E-state index in [4.69, 9.17) is 9.98 Å². The van der Waals surface area contributed by atoms with Gasteiger partial charge in [-0.3, -0.25) is 0 Å². The first-order chi connectivity index (χ1) is 17.7. The highest BCUT2D eigenvalue weighted by atomic mass is 79.9. The smallest absolute Gasteiger partial charge is 0.162 e. The van der Waals surface area contributed by atoms with Crippen molar-refractivity contribution in [3.8, 4) is 22.4 Å². The highest BCUT2D eigenvalue weighted by molar-refractivity contribution is 9.10. The van der Waals surface area contributed by atoms with Crippen molar-refractivity contribution < 1.29 is 0 Å². The number of allylic oxidation sites excluding steroid dienone is 1. The van der Waals surface area contributed by atoms with Gasteiger partial charge in [0.1, 0.15) is 5.82 Å². The summed E-state index contributed by atoms with van der Waals surface area (Å²) in [6.45, 7) is 0. The summed E-state index contributed by atoms with van der Waals surface area (Å²) < 4.78 is 1.04. The Kier molecular flexibility index (Phi) is 6.02. The van der Waals surface area contributed by atoms with Crippen molar-refractivity contribution in [3.05, 3.63) is 143 Å². The third-order valence-electron chi connectivity index (χ3n) is 6.16. The van der Waals surface area contributed by atoms with Crippen molar-refractivity contribution in [2.45, 2.75) is 0 Å². The lowest BCUT2D eigenvalue weighted by Crippen LogP contribution is -1.95. The van der Waals surface area contributed by atoms with Crippen LogP contribution in [0.15, 0.2) is 142 Å².